The smallest absolute Gasteiger partial charge is 0.358 e. The van der Waals surface area contributed by atoms with Gasteiger partial charge in [0, 0.05) is 0 Å². The molecule has 0 aromatic heterocycles. The molecule has 0 aliphatic heterocycles. The fraction of sp³-hybridized carbons (Fsp3) is 0. The SMILES string of the molecule is [CH3-].[CH3-].[CH3-].[Fe+6]. The summed E-state index contributed by atoms with van der Waals surface area (Å²) < 4.78 is 0. The van der Waals surface area contributed by atoms with Crippen LogP contribution in [0.25, 0.3) is 0 Å². The fourth-order valence-electron chi connectivity index (χ4n) is 0. The standard InChI is InChI=1S/3CH3.Fe/h3*1H3;/q3*-1;+6. The van der Waals surface area contributed by atoms with E-state index in [1.54, 1.807) is 0 Å². The summed E-state index contributed by atoms with van der Waals surface area (Å²) in [5.41, 5.74) is 0. The molecule has 0 spiro atoms. The molecule has 0 heterocycles. The molecular formula is C3H9Fe+3. The molecule has 0 saturated carbocycles. The zero-order chi connectivity index (χ0) is 0. The van der Waals surface area contributed by atoms with Crippen molar-refractivity contribution in [2.24, 2.45) is 0 Å². The molecule has 0 aliphatic rings. The van der Waals surface area contributed by atoms with Gasteiger partial charge in [-0.25, -0.2) is 0 Å². The minimum atomic E-state index is 0. The van der Waals surface area contributed by atoms with Crippen molar-refractivity contribution < 1.29 is 17.1 Å². The Bertz CT molecular complexity index is 3.25. The van der Waals surface area contributed by atoms with Crippen LogP contribution in [0.3, 0.4) is 0 Å². The Hall–Kier alpha value is 0.519. The third-order valence-electron chi connectivity index (χ3n) is 0. The van der Waals surface area contributed by atoms with E-state index in [9.17, 15) is 0 Å². The number of rotatable bonds is 0. The van der Waals surface area contributed by atoms with Crippen molar-refractivity contribution in [2.45, 2.75) is 0 Å². The summed E-state index contributed by atoms with van der Waals surface area (Å²) in [4.78, 5) is 0. The first kappa shape index (κ1) is 207. The van der Waals surface area contributed by atoms with Crippen molar-refractivity contribution in [2.75, 3.05) is 0 Å². The first-order valence-electron chi connectivity index (χ1n) is 0. The molecule has 0 aliphatic carbocycles. The maximum atomic E-state index is 0. The second kappa shape index (κ2) is 82.8. The number of hydrogen-bond acceptors (Lipinski definition) is 0. The Morgan fingerprint density at radius 3 is 0.500 bits per heavy atom. The van der Waals surface area contributed by atoms with Crippen LogP contribution in [0.4, 0.5) is 0 Å². The average Bonchev–Trinajstić information content (AvgIpc) is 0. The molecule has 1 heteroatoms. The van der Waals surface area contributed by atoms with Crippen LogP contribution in [0.15, 0.2) is 0 Å². The van der Waals surface area contributed by atoms with E-state index in [0.717, 1.165) is 0 Å². The van der Waals surface area contributed by atoms with Crippen molar-refractivity contribution in [1.29, 1.82) is 0 Å². The summed E-state index contributed by atoms with van der Waals surface area (Å²) in [6.07, 6.45) is 0. The third-order valence-corrected chi connectivity index (χ3v) is 0. The molecule has 0 amide bonds. The van der Waals surface area contributed by atoms with Gasteiger partial charge in [0.25, 0.3) is 0 Å². The van der Waals surface area contributed by atoms with Gasteiger partial charge in [-0.05, 0) is 0 Å². The van der Waals surface area contributed by atoms with Gasteiger partial charge >= 0.3 is 17.1 Å². The predicted molar refractivity (Wildman–Crippen MR) is 19.2 cm³/mol. The molecule has 0 unspecified atom stereocenters. The van der Waals surface area contributed by atoms with E-state index in [4.69, 9.17) is 0 Å². The van der Waals surface area contributed by atoms with E-state index in [0.29, 0.717) is 0 Å². The number of hydrogen-bond donors (Lipinski definition) is 0. The van der Waals surface area contributed by atoms with Crippen LogP contribution in [0.2, 0.25) is 0 Å². The molecule has 0 aromatic carbocycles. The summed E-state index contributed by atoms with van der Waals surface area (Å²) in [6.45, 7) is 0. The van der Waals surface area contributed by atoms with E-state index >= 15 is 0 Å². The largest absolute Gasteiger partial charge is 6.00 e. The Balaban J connectivity index is 0. The summed E-state index contributed by atoms with van der Waals surface area (Å²) in [6, 6.07) is 0. The molecular weight excluding hydrogens is 91.9 g/mol. The van der Waals surface area contributed by atoms with E-state index in [1.165, 1.54) is 0 Å². The second-order valence-electron chi connectivity index (χ2n) is 0. The monoisotopic (exact) mass is 101 g/mol. The summed E-state index contributed by atoms with van der Waals surface area (Å²) >= 11 is 0. The van der Waals surface area contributed by atoms with Gasteiger partial charge in [-0.3, -0.25) is 0 Å². The fourth-order valence-corrected chi connectivity index (χ4v) is 0. The predicted octanol–water partition coefficient (Wildman–Crippen LogP) is 1.35. The molecule has 4 heavy (non-hydrogen) atoms. The Morgan fingerprint density at radius 2 is 0.500 bits per heavy atom. The molecule has 0 bridgehead atoms. The summed E-state index contributed by atoms with van der Waals surface area (Å²) in [7, 11) is 0. The van der Waals surface area contributed by atoms with E-state index < -0.39 is 0 Å². The Morgan fingerprint density at radius 1 is 0.500 bits per heavy atom. The van der Waals surface area contributed by atoms with Crippen LogP contribution < -0.4 is 0 Å². The van der Waals surface area contributed by atoms with Gasteiger partial charge in [0.1, 0.15) is 0 Å². The molecule has 0 saturated heterocycles. The maximum absolute atomic E-state index is 0. The molecule has 0 atom stereocenters. The first-order valence-corrected chi connectivity index (χ1v) is 0. The minimum absolute atomic E-state index is 0. The molecule has 26 valence electrons. The van der Waals surface area contributed by atoms with Crippen LogP contribution in [0.5, 0.6) is 0 Å². The molecule has 0 nitrogen and oxygen atoms in total. The summed E-state index contributed by atoms with van der Waals surface area (Å²) in [5.74, 6) is 0. The topological polar surface area (TPSA) is 0 Å². The molecule has 0 fully saturated rings. The van der Waals surface area contributed by atoms with Gasteiger partial charge in [-0.15, -0.1) is 0 Å². The molecule has 0 N–H and O–H groups in total. The van der Waals surface area contributed by atoms with Crippen LogP contribution >= 0.6 is 0 Å². The van der Waals surface area contributed by atoms with Crippen molar-refractivity contribution in [3.05, 3.63) is 22.3 Å². The van der Waals surface area contributed by atoms with E-state index in [-0.39, 0.29) is 39.3 Å². The zero-order valence-electron chi connectivity index (χ0n) is 3.35. The van der Waals surface area contributed by atoms with Crippen molar-refractivity contribution in [3.63, 3.8) is 0 Å². The quantitative estimate of drug-likeness (QED) is 0.319. The minimum Gasteiger partial charge on any atom is -0.358 e. The van der Waals surface area contributed by atoms with Gasteiger partial charge in [-0.1, -0.05) is 0 Å². The van der Waals surface area contributed by atoms with Gasteiger partial charge in [0.15, 0.2) is 0 Å². The molecule has 0 aromatic rings. The van der Waals surface area contributed by atoms with Crippen LogP contribution in [0.1, 0.15) is 0 Å². The van der Waals surface area contributed by atoms with Crippen LogP contribution in [-0.2, 0) is 17.1 Å². The Labute approximate surface area is 40.1 Å². The maximum Gasteiger partial charge on any atom is 6.00 e. The molecule has 0 radical (unpaired) electrons. The van der Waals surface area contributed by atoms with E-state index in [1.807, 2.05) is 0 Å². The van der Waals surface area contributed by atoms with Crippen molar-refractivity contribution in [3.8, 4) is 0 Å². The van der Waals surface area contributed by atoms with Gasteiger partial charge in [0.2, 0.25) is 0 Å². The van der Waals surface area contributed by atoms with Gasteiger partial charge in [-0.2, -0.15) is 0 Å². The molecule has 0 rings (SSSR count). The average molecular weight is 101 g/mol. The van der Waals surface area contributed by atoms with Gasteiger partial charge < -0.3 is 22.3 Å². The van der Waals surface area contributed by atoms with E-state index in [2.05, 4.69) is 0 Å². The van der Waals surface area contributed by atoms with Crippen LogP contribution in [0, 0.1) is 22.3 Å². The second-order valence-corrected chi connectivity index (χ2v) is 0. The first-order chi connectivity index (χ1) is 0. The van der Waals surface area contributed by atoms with Crippen molar-refractivity contribution in [1.82, 2.24) is 0 Å². The van der Waals surface area contributed by atoms with Crippen LogP contribution in [-0.4, -0.2) is 0 Å². The normalized spacial score (nSPS) is 0. The third kappa shape index (κ3) is 21.6. The van der Waals surface area contributed by atoms with Gasteiger partial charge in [0.05, 0.1) is 0 Å². The van der Waals surface area contributed by atoms with Crippen molar-refractivity contribution >= 4 is 0 Å². The summed E-state index contributed by atoms with van der Waals surface area (Å²) in [5, 5.41) is 0. The Kier molecular flexibility index (Phi) is 4290. The zero-order valence-corrected chi connectivity index (χ0v) is 4.46.